The number of nitrogens with zero attached hydrogens (tertiary/aromatic N) is 1. The summed E-state index contributed by atoms with van der Waals surface area (Å²) in [5.74, 6) is -1.67. The van der Waals surface area contributed by atoms with E-state index in [1.54, 1.807) is 7.05 Å². The van der Waals surface area contributed by atoms with Gasteiger partial charge in [-0.2, -0.15) is 0 Å². The zero-order valence-electron chi connectivity index (χ0n) is 7.92. The van der Waals surface area contributed by atoms with Gasteiger partial charge >= 0.3 is 0 Å². The predicted octanol–water partition coefficient (Wildman–Crippen LogP) is 3.13. The summed E-state index contributed by atoms with van der Waals surface area (Å²) in [5, 5.41) is 3.52. The van der Waals surface area contributed by atoms with Gasteiger partial charge in [0.15, 0.2) is 16.8 Å². The van der Waals surface area contributed by atoms with Crippen LogP contribution in [0.15, 0.2) is 24.4 Å². The maximum absolute atomic E-state index is 13.4. The number of hydrogen-bond acceptors (Lipinski definition) is 3. The van der Waals surface area contributed by atoms with E-state index < -0.39 is 11.6 Å². The third-order valence-electron chi connectivity index (χ3n) is 1.94. The number of nitrogens with one attached hydrogen (secondary N) is 1. The molecule has 0 aliphatic heterocycles. The number of rotatable bonds is 2. The number of aromatic nitrogens is 1. The molecule has 2 aromatic rings. The van der Waals surface area contributed by atoms with Crippen LogP contribution in [0.5, 0.6) is 0 Å². The lowest BCUT2D eigenvalue weighted by atomic mass is 10.2. The number of benzene rings is 1. The first-order valence-electron chi connectivity index (χ1n) is 4.30. The van der Waals surface area contributed by atoms with Crippen molar-refractivity contribution in [1.82, 2.24) is 4.98 Å². The lowest BCUT2D eigenvalue weighted by molar-refractivity contribution is 0.511. The van der Waals surface area contributed by atoms with Gasteiger partial charge in [-0.1, -0.05) is 23.5 Å². The Bertz CT molecular complexity index is 482. The van der Waals surface area contributed by atoms with Gasteiger partial charge in [-0.25, -0.2) is 13.8 Å². The van der Waals surface area contributed by atoms with Crippen molar-refractivity contribution in [3.8, 4) is 10.4 Å². The number of thiazole rings is 1. The minimum atomic E-state index is -0.841. The van der Waals surface area contributed by atoms with Crippen LogP contribution in [0.4, 0.5) is 13.9 Å². The quantitative estimate of drug-likeness (QED) is 0.851. The fraction of sp³-hybridized carbons (Fsp3) is 0.100. The summed E-state index contributed by atoms with van der Waals surface area (Å²) in [4.78, 5) is 4.61. The monoisotopic (exact) mass is 226 g/mol. The Labute approximate surface area is 89.6 Å². The molecule has 0 aliphatic rings. The molecule has 0 amide bonds. The molecule has 0 bridgehead atoms. The summed E-state index contributed by atoms with van der Waals surface area (Å²) in [6, 6.07) is 4.11. The van der Waals surface area contributed by atoms with Crippen LogP contribution in [0.3, 0.4) is 0 Å². The molecule has 0 spiro atoms. The highest BCUT2D eigenvalue weighted by Crippen LogP contribution is 2.31. The Hall–Kier alpha value is -1.49. The molecule has 2 rings (SSSR count). The Morgan fingerprint density at radius 1 is 1.33 bits per heavy atom. The molecule has 15 heavy (non-hydrogen) atoms. The van der Waals surface area contributed by atoms with Gasteiger partial charge in [-0.15, -0.1) is 0 Å². The molecule has 0 radical (unpaired) electrons. The maximum atomic E-state index is 13.4. The summed E-state index contributed by atoms with van der Waals surface area (Å²) in [5.41, 5.74) is 0.244. The van der Waals surface area contributed by atoms with Gasteiger partial charge in [0, 0.05) is 18.8 Å². The Morgan fingerprint density at radius 3 is 2.80 bits per heavy atom. The summed E-state index contributed by atoms with van der Waals surface area (Å²) in [6.07, 6.45) is 1.52. The lowest BCUT2D eigenvalue weighted by Gasteiger charge is -1.99. The molecule has 1 aromatic heterocycles. The van der Waals surface area contributed by atoms with E-state index in [0.29, 0.717) is 10.0 Å². The van der Waals surface area contributed by atoms with Crippen LogP contribution in [0.1, 0.15) is 0 Å². The van der Waals surface area contributed by atoms with Crippen molar-refractivity contribution < 1.29 is 8.78 Å². The summed E-state index contributed by atoms with van der Waals surface area (Å²) < 4.78 is 26.3. The van der Waals surface area contributed by atoms with Crippen molar-refractivity contribution in [3.05, 3.63) is 36.0 Å². The van der Waals surface area contributed by atoms with E-state index >= 15 is 0 Å². The van der Waals surface area contributed by atoms with Crippen LogP contribution >= 0.6 is 11.3 Å². The molecule has 0 saturated heterocycles. The maximum Gasteiger partial charge on any atom is 0.182 e. The first kappa shape index (κ1) is 10.0. The van der Waals surface area contributed by atoms with Crippen LogP contribution < -0.4 is 5.32 Å². The summed E-state index contributed by atoms with van der Waals surface area (Å²) >= 11 is 1.28. The van der Waals surface area contributed by atoms with E-state index in [9.17, 15) is 8.78 Å². The van der Waals surface area contributed by atoms with Crippen LogP contribution in [-0.2, 0) is 0 Å². The zero-order chi connectivity index (χ0) is 10.8. The van der Waals surface area contributed by atoms with Gasteiger partial charge in [0.2, 0.25) is 0 Å². The van der Waals surface area contributed by atoms with Gasteiger partial charge < -0.3 is 5.32 Å². The molecular formula is C10H8F2N2S. The van der Waals surface area contributed by atoms with Crippen molar-refractivity contribution in [2.75, 3.05) is 12.4 Å². The smallest absolute Gasteiger partial charge is 0.182 e. The van der Waals surface area contributed by atoms with Crippen LogP contribution in [0, 0.1) is 11.6 Å². The first-order chi connectivity index (χ1) is 7.22. The Balaban J connectivity index is 2.49. The lowest BCUT2D eigenvalue weighted by Crippen LogP contribution is -1.86. The van der Waals surface area contributed by atoms with Gasteiger partial charge in [-0.3, -0.25) is 0 Å². The van der Waals surface area contributed by atoms with Crippen molar-refractivity contribution in [2.24, 2.45) is 0 Å². The number of halogens is 2. The standard InChI is InChI=1S/C10H8F2N2S/c1-13-10-14-5-8(15-10)6-3-2-4-7(11)9(6)12/h2-5H,1H3,(H,13,14). The second kappa shape index (κ2) is 3.94. The molecule has 0 saturated carbocycles. The van der Waals surface area contributed by atoms with Crippen LogP contribution in [-0.4, -0.2) is 12.0 Å². The number of hydrogen-bond donors (Lipinski definition) is 1. The van der Waals surface area contributed by atoms with Crippen LogP contribution in [0.25, 0.3) is 10.4 Å². The Morgan fingerprint density at radius 2 is 2.13 bits per heavy atom. The van der Waals surface area contributed by atoms with E-state index in [1.165, 1.54) is 29.7 Å². The predicted molar refractivity (Wildman–Crippen MR) is 57.0 cm³/mol. The molecule has 0 unspecified atom stereocenters. The highest BCUT2D eigenvalue weighted by atomic mass is 32.1. The van der Waals surface area contributed by atoms with E-state index in [0.717, 1.165) is 6.07 Å². The molecular weight excluding hydrogens is 218 g/mol. The zero-order valence-corrected chi connectivity index (χ0v) is 8.74. The topological polar surface area (TPSA) is 24.9 Å². The fourth-order valence-corrected chi connectivity index (χ4v) is 2.00. The van der Waals surface area contributed by atoms with Crippen molar-refractivity contribution in [3.63, 3.8) is 0 Å². The second-order valence-corrected chi connectivity index (χ2v) is 3.91. The molecule has 1 aromatic carbocycles. The summed E-state index contributed by atoms with van der Waals surface area (Å²) in [6.45, 7) is 0. The van der Waals surface area contributed by atoms with E-state index in [-0.39, 0.29) is 5.56 Å². The molecule has 1 N–H and O–H groups in total. The van der Waals surface area contributed by atoms with Crippen molar-refractivity contribution in [2.45, 2.75) is 0 Å². The van der Waals surface area contributed by atoms with Crippen LogP contribution in [0.2, 0.25) is 0 Å². The average molecular weight is 226 g/mol. The first-order valence-corrected chi connectivity index (χ1v) is 5.12. The third kappa shape index (κ3) is 1.83. The minimum Gasteiger partial charge on any atom is -0.365 e. The second-order valence-electron chi connectivity index (χ2n) is 2.88. The Kier molecular flexibility index (Phi) is 2.64. The highest BCUT2D eigenvalue weighted by Gasteiger charge is 2.11. The van der Waals surface area contributed by atoms with Crippen molar-refractivity contribution >= 4 is 16.5 Å². The molecule has 1 heterocycles. The fourth-order valence-electron chi connectivity index (χ4n) is 1.21. The third-order valence-corrected chi connectivity index (χ3v) is 2.98. The molecule has 0 aliphatic carbocycles. The minimum absolute atomic E-state index is 0.244. The average Bonchev–Trinajstić information content (AvgIpc) is 2.70. The molecule has 0 fully saturated rings. The summed E-state index contributed by atoms with van der Waals surface area (Å²) in [7, 11) is 1.73. The van der Waals surface area contributed by atoms with E-state index in [2.05, 4.69) is 10.3 Å². The van der Waals surface area contributed by atoms with Gasteiger partial charge in [0.25, 0.3) is 0 Å². The molecule has 5 heteroatoms. The normalized spacial score (nSPS) is 10.3. The SMILES string of the molecule is CNc1ncc(-c2cccc(F)c2F)s1. The van der Waals surface area contributed by atoms with Gasteiger partial charge in [0.1, 0.15) is 0 Å². The van der Waals surface area contributed by atoms with Crippen molar-refractivity contribution in [1.29, 1.82) is 0 Å². The highest BCUT2D eigenvalue weighted by molar-refractivity contribution is 7.18. The van der Waals surface area contributed by atoms with Gasteiger partial charge in [0.05, 0.1) is 4.88 Å². The number of anilines is 1. The molecule has 78 valence electrons. The van der Waals surface area contributed by atoms with E-state index in [1.807, 2.05) is 0 Å². The van der Waals surface area contributed by atoms with E-state index in [4.69, 9.17) is 0 Å². The molecule has 2 nitrogen and oxygen atoms in total. The molecule has 0 atom stereocenters. The largest absolute Gasteiger partial charge is 0.365 e. The van der Waals surface area contributed by atoms with Gasteiger partial charge in [-0.05, 0) is 6.07 Å².